The molecular formula is C15H15N3O5. The first kappa shape index (κ1) is 16.2. The van der Waals surface area contributed by atoms with E-state index in [9.17, 15) is 14.9 Å². The molecule has 0 radical (unpaired) electrons. The standard InChI is InChI=1S/C15H15N3O5/c19-15(7-5-13-3-1-9-22-13)23-10-2-8-16-14-6-4-12(11-17-14)18(20)21/h1,3-7,9,11H,2,8,10H2,(H,16,17)/b7-5+. The van der Waals surface area contributed by atoms with Crippen molar-refractivity contribution < 1.29 is 18.9 Å². The van der Waals surface area contributed by atoms with E-state index >= 15 is 0 Å². The van der Waals surface area contributed by atoms with Gasteiger partial charge in [-0.1, -0.05) is 0 Å². The first-order chi connectivity index (χ1) is 11.1. The zero-order chi connectivity index (χ0) is 16.5. The Morgan fingerprint density at radius 3 is 2.96 bits per heavy atom. The van der Waals surface area contributed by atoms with Gasteiger partial charge in [-0.15, -0.1) is 0 Å². The average molecular weight is 317 g/mol. The van der Waals surface area contributed by atoms with Crippen LogP contribution in [0, 0.1) is 10.1 Å². The number of pyridine rings is 1. The van der Waals surface area contributed by atoms with Crippen molar-refractivity contribution in [2.75, 3.05) is 18.5 Å². The molecule has 0 aliphatic rings. The van der Waals surface area contributed by atoms with E-state index in [2.05, 4.69) is 10.3 Å². The van der Waals surface area contributed by atoms with E-state index in [-0.39, 0.29) is 12.3 Å². The van der Waals surface area contributed by atoms with Gasteiger partial charge < -0.3 is 14.5 Å². The molecule has 0 saturated carbocycles. The molecule has 0 unspecified atom stereocenters. The Kier molecular flexibility index (Phi) is 5.87. The number of ether oxygens (including phenoxy) is 1. The SMILES string of the molecule is O=C(/C=C/c1ccco1)OCCCNc1ccc([N+](=O)[O-])cn1. The first-order valence-corrected chi connectivity index (χ1v) is 6.88. The van der Waals surface area contributed by atoms with Crippen LogP contribution in [0.3, 0.4) is 0 Å². The summed E-state index contributed by atoms with van der Waals surface area (Å²) in [5, 5.41) is 13.5. The second-order valence-corrected chi connectivity index (χ2v) is 4.46. The maximum Gasteiger partial charge on any atom is 0.330 e. The maximum absolute atomic E-state index is 11.4. The van der Waals surface area contributed by atoms with E-state index in [1.54, 1.807) is 12.1 Å². The fourth-order valence-corrected chi connectivity index (χ4v) is 1.64. The van der Waals surface area contributed by atoms with Gasteiger partial charge in [0.15, 0.2) is 0 Å². The minimum absolute atomic E-state index is 0.0622. The molecule has 2 aromatic rings. The highest BCUT2D eigenvalue weighted by atomic mass is 16.6. The van der Waals surface area contributed by atoms with E-state index in [4.69, 9.17) is 9.15 Å². The largest absolute Gasteiger partial charge is 0.465 e. The molecule has 23 heavy (non-hydrogen) atoms. The van der Waals surface area contributed by atoms with Crippen molar-refractivity contribution in [1.29, 1.82) is 0 Å². The number of esters is 1. The molecule has 0 aliphatic carbocycles. The molecule has 0 fully saturated rings. The number of anilines is 1. The lowest BCUT2D eigenvalue weighted by Gasteiger charge is -2.05. The van der Waals surface area contributed by atoms with E-state index in [0.717, 1.165) is 0 Å². The van der Waals surface area contributed by atoms with Gasteiger partial charge >= 0.3 is 5.97 Å². The molecule has 0 saturated heterocycles. The van der Waals surface area contributed by atoms with Crippen LogP contribution in [0.15, 0.2) is 47.2 Å². The van der Waals surface area contributed by atoms with Crippen molar-refractivity contribution in [1.82, 2.24) is 4.98 Å². The number of carbonyl (C=O) groups excluding carboxylic acids is 1. The van der Waals surface area contributed by atoms with Crippen LogP contribution in [0.25, 0.3) is 6.08 Å². The first-order valence-electron chi connectivity index (χ1n) is 6.88. The number of aromatic nitrogens is 1. The molecular weight excluding hydrogens is 302 g/mol. The van der Waals surface area contributed by atoms with E-state index in [1.165, 1.54) is 36.7 Å². The molecule has 2 aromatic heterocycles. The highest BCUT2D eigenvalue weighted by Gasteiger charge is 2.04. The summed E-state index contributed by atoms with van der Waals surface area (Å²) in [7, 11) is 0. The molecule has 8 heteroatoms. The molecule has 0 aliphatic heterocycles. The fraction of sp³-hybridized carbons (Fsp3) is 0.200. The zero-order valence-electron chi connectivity index (χ0n) is 12.2. The molecule has 2 rings (SSSR count). The Bertz CT molecular complexity index is 665. The van der Waals surface area contributed by atoms with E-state index in [1.807, 2.05) is 0 Å². The molecule has 0 aromatic carbocycles. The van der Waals surface area contributed by atoms with Crippen molar-refractivity contribution in [2.24, 2.45) is 0 Å². The Labute approximate surface area is 131 Å². The van der Waals surface area contributed by atoms with Gasteiger partial charge in [-0.05, 0) is 30.7 Å². The molecule has 0 atom stereocenters. The minimum atomic E-state index is -0.507. The summed E-state index contributed by atoms with van der Waals surface area (Å²) in [5.74, 6) is 0.655. The predicted octanol–water partition coefficient (Wildman–Crippen LogP) is 2.64. The molecule has 2 heterocycles. The highest BCUT2D eigenvalue weighted by molar-refractivity contribution is 5.86. The van der Waals surface area contributed by atoms with Crippen LogP contribution < -0.4 is 5.32 Å². The second-order valence-electron chi connectivity index (χ2n) is 4.46. The number of nitro groups is 1. The predicted molar refractivity (Wildman–Crippen MR) is 82.7 cm³/mol. The fourth-order valence-electron chi connectivity index (χ4n) is 1.64. The summed E-state index contributed by atoms with van der Waals surface area (Å²) in [6.45, 7) is 0.779. The third kappa shape index (κ3) is 5.62. The van der Waals surface area contributed by atoms with Gasteiger partial charge in [0.2, 0.25) is 0 Å². The number of carbonyl (C=O) groups is 1. The van der Waals surface area contributed by atoms with Crippen LogP contribution in [-0.2, 0) is 9.53 Å². The number of nitrogens with one attached hydrogen (secondary N) is 1. The van der Waals surface area contributed by atoms with Gasteiger partial charge in [0.05, 0.1) is 17.8 Å². The molecule has 120 valence electrons. The number of hydrogen-bond acceptors (Lipinski definition) is 7. The molecule has 0 bridgehead atoms. The number of furan rings is 1. The van der Waals surface area contributed by atoms with Crippen LogP contribution >= 0.6 is 0 Å². The number of hydrogen-bond donors (Lipinski definition) is 1. The minimum Gasteiger partial charge on any atom is -0.465 e. The van der Waals surface area contributed by atoms with Crippen molar-refractivity contribution in [3.05, 3.63) is 58.7 Å². The van der Waals surface area contributed by atoms with Crippen LogP contribution in [-0.4, -0.2) is 29.0 Å². The third-order valence-corrected chi connectivity index (χ3v) is 2.76. The van der Waals surface area contributed by atoms with Crippen molar-refractivity contribution >= 4 is 23.6 Å². The van der Waals surface area contributed by atoms with Gasteiger partial charge in [0, 0.05) is 18.7 Å². The Balaban J connectivity index is 1.62. The molecule has 1 N–H and O–H groups in total. The highest BCUT2D eigenvalue weighted by Crippen LogP contribution is 2.11. The molecule has 0 spiro atoms. The van der Waals surface area contributed by atoms with Crippen LogP contribution in [0.5, 0.6) is 0 Å². The molecule has 0 amide bonds. The normalized spacial score (nSPS) is 10.6. The van der Waals surface area contributed by atoms with Crippen LogP contribution in [0.4, 0.5) is 11.5 Å². The van der Waals surface area contributed by atoms with Crippen LogP contribution in [0.1, 0.15) is 12.2 Å². The van der Waals surface area contributed by atoms with Gasteiger partial charge in [0.25, 0.3) is 5.69 Å². The topological polar surface area (TPSA) is 108 Å². The third-order valence-electron chi connectivity index (χ3n) is 2.76. The summed E-state index contributed by atoms with van der Waals surface area (Å²) >= 11 is 0. The monoisotopic (exact) mass is 317 g/mol. The molecule has 8 nitrogen and oxygen atoms in total. The van der Waals surface area contributed by atoms with Crippen molar-refractivity contribution in [3.8, 4) is 0 Å². The summed E-state index contributed by atoms with van der Waals surface area (Å²) < 4.78 is 10.1. The van der Waals surface area contributed by atoms with Crippen molar-refractivity contribution in [2.45, 2.75) is 6.42 Å². The lowest BCUT2D eigenvalue weighted by atomic mass is 10.4. The quantitative estimate of drug-likeness (QED) is 0.262. The van der Waals surface area contributed by atoms with E-state index in [0.29, 0.717) is 24.5 Å². The Morgan fingerprint density at radius 1 is 1.43 bits per heavy atom. The van der Waals surface area contributed by atoms with Crippen LogP contribution in [0.2, 0.25) is 0 Å². The van der Waals surface area contributed by atoms with E-state index < -0.39 is 10.9 Å². The number of nitrogens with zero attached hydrogens (tertiary/aromatic N) is 2. The van der Waals surface area contributed by atoms with Crippen molar-refractivity contribution in [3.63, 3.8) is 0 Å². The summed E-state index contributed by atoms with van der Waals surface area (Å²) in [6, 6.07) is 6.35. The number of rotatable bonds is 8. The summed E-state index contributed by atoms with van der Waals surface area (Å²) in [6.07, 6.45) is 6.11. The average Bonchev–Trinajstić information content (AvgIpc) is 3.06. The summed E-state index contributed by atoms with van der Waals surface area (Å²) in [5.41, 5.74) is -0.0622. The zero-order valence-corrected chi connectivity index (χ0v) is 12.2. The lowest BCUT2D eigenvalue weighted by molar-refractivity contribution is -0.385. The van der Waals surface area contributed by atoms with Gasteiger partial charge in [-0.2, -0.15) is 0 Å². The lowest BCUT2D eigenvalue weighted by Crippen LogP contribution is -2.09. The maximum atomic E-state index is 11.4. The van der Waals surface area contributed by atoms with Gasteiger partial charge in [0.1, 0.15) is 17.8 Å². The summed E-state index contributed by atoms with van der Waals surface area (Å²) in [4.78, 5) is 25.3. The Morgan fingerprint density at radius 2 is 2.30 bits per heavy atom. The Hall–Kier alpha value is -3.16. The van der Waals surface area contributed by atoms with Gasteiger partial charge in [-0.3, -0.25) is 10.1 Å². The second kappa shape index (κ2) is 8.32. The smallest absolute Gasteiger partial charge is 0.330 e. The van der Waals surface area contributed by atoms with Gasteiger partial charge in [-0.25, -0.2) is 9.78 Å².